The molecule has 1 aromatic heterocycles. The number of aliphatic hydroxyl groups is 1. The Bertz CT molecular complexity index is 456. The van der Waals surface area contributed by atoms with Crippen LogP contribution in [-0.4, -0.2) is 43.7 Å². The molecule has 0 radical (unpaired) electrons. The summed E-state index contributed by atoms with van der Waals surface area (Å²) in [7, 11) is -0.0408. The van der Waals surface area contributed by atoms with Crippen molar-refractivity contribution in [1.29, 1.82) is 0 Å². The highest BCUT2D eigenvalue weighted by atomic mass is 32.2. The molecule has 0 fully saturated rings. The van der Waals surface area contributed by atoms with E-state index < -0.39 is 16.3 Å². The summed E-state index contributed by atoms with van der Waals surface area (Å²) in [6, 6.07) is 0. The van der Waals surface area contributed by atoms with Crippen molar-refractivity contribution >= 4 is 21.4 Å². The van der Waals surface area contributed by atoms with Gasteiger partial charge in [0.1, 0.15) is 6.23 Å². The summed E-state index contributed by atoms with van der Waals surface area (Å²) >= 11 is 1.08. The van der Waals surface area contributed by atoms with Gasteiger partial charge < -0.3 is 5.11 Å². The first-order chi connectivity index (χ1) is 7.80. The zero-order chi connectivity index (χ0) is 13.1. The number of hydrogen-bond donors (Lipinski definition) is 2. The molecule has 1 heterocycles. The molecule has 1 unspecified atom stereocenters. The number of hydrogen-bond acceptors (Lipinski definition) is 6. The predicted molar refractivity (Wildman–Crippen MR) is 66.1 cm³/mol. The van der Waals surface area contributed by atoms with Gasteiger partial charge in [0.25, 0.3) is 0 Å². The molecule has 3 N–H and O–H groups in total. The van der Waals surface area contributed by atoms with Gasteiger partial charge in [-0.25, -0.2) is 18.5 Å². The summed E-state index contributed by atoms with van der Waals surface area (Å²) in [5, 5.41) is 15.2. The Balaban J connectivity index is 2.46. The lowest BCUT2D eigenvalue weighted by molar-refractivity contribution is 0.0319. The van der Waals surface area contributed by atoms with Crippen LogP contribution in [0.25, 0.3) is 0 Å². The lowest BCUT2D eigenvalue weighted by Gasteiger charge is -2.17. The number of nitrogens with zero attached hydrogens (tertiary/aromatic N) is 2. The van der Waals surface area contributed by atoms with E-state index in [1.54, 1.807) is 19.0 Å². The molecule has 0 aliphatic rings. The summed E-state index contributed by atoms with van der Waals surface area (Å²) in [5.41, 5.74) is 0. The van der Waals surface area contributed by atoms with Crippen LogP contribution in [-0.2, 0) is 16.4 Å². The van der Waals surface area contributed by atoms with Gasteiger partial charge in [-0.2, -0.15) is 0 Å². The third kappa shape index (κ3) is 4.68. The number of aliphatic hydroxyl groups excluding tert-OH is 1. The van der Waals surface area contributed by atoms with E-state index in [1.807, 2.05) is 0 Å². The summed E-state index contributed by atoms with van der Waals surface area (Å²) in [6.45, 7) is 0. The van der Waals surface area contributed by atoms with Crippen LogP contribution in [0.5, 0.6) is 0 Å². The van der Waals surface area contributed by atoms with Crippen LogP contribution in [0, 0.1) is 0 Å². The van der Waals surface area contributed by atoms with Gasteiger partial charge in [-0.05, 0) is 33.4 Å². The highest BCUT2D eigenvalue weighted by Crippen LogP contribution is 2.19. The van der Waals surface area contributed by atoms with Gasteiger partial charge in [-0.3, -0.25) is 4.90 Å². The summed E-state index contributed by atoms with van der Waals surface area (Å²) < 4.78 is 22.1. The second-order valence-electron chi connectivity index (χ2n) is 3.95. The molecule has 1 rings (SSSR count). The Morgan fingerprint density at radius 1 is 1.59 bits per heavy atom. The van der Waals surface area contributed by atoms with E-state index in [0.29, 0.717) is 12.8 Å². The molecule has 0 aliphatic heterocycles. The van der Waals surface area contributed by atoms with E-state index in [2.05, 4.69) is 4.98 Å². The first kappa shape index (κ1) is 14.5. The van der Waals surface area contributed by atoms with Gasteiger partial charge >= 0.3 is 0 Å². The molecule has 1 aromatic rings. The number of rotatable bonds is 6. The van der Waals surface area contributed by atoms with Crippen molar-refractivity contribution < 1.29 is 13.5 Å². The minimum Gasteiger partial charge on any atom is -0.378 e. The smallest absolute Gasteiger partial charge is 0.249 e. The monoisotopic (exact) mass is 279 g/mol. The molecule has 0 aliphatic carbocycles. The number of aromatic nitrogens is 1. The van der Waals surface area contributed by atoms with Gasteiger partial charge in [-0.15, -0.1) is 11.3 Å². The third-order valence-electron chi connectivity index (χ3n) is 2.26. The molecule has 17 heavy (non-hydrogen) atoms. The largest absolute Gasteiger partial charge is 0.378 e. The average Bonchev–Trinajstić information content (AvgIpc) is 2.65. The Hall–Kier alpha value is -0.540. The van der Waals surface area contributed by atoms with Gasteiger partial charge in [0.15, 0.2) is 4.21 Å². The fourth-order valence-corrected chi connectivity index (χ4v) is 2.88. The minimum atomic E-state index is -3.64. The molecule has 1 atom stereocenters. The van der Waals surface area contributed by atoms with Gasteiger partial charge in [0, 0.05) is 0 Å². The van der Waals surface area contributed by atoms with Crippen LogP contribution in [0.3, 0.4) is 0 Å². The fourth-order valence-electron chi connectivity index (χ4n) is 1.23. The first-order valence-electron chi connectivity index (χ1n) is 5.12. The van der Waals surface area contributed by atoms with Gasteiger partial charge in [0.2, 0.25) is 10.0 Å². The maximum Gasteiger partial charge on any atom is 0.249 e. The Morgan fingerprint density at radius 3 is 2.71 bits per heavy atom. The Labute approximate surface area is 105 Å². The second-order valence-corrected chi connectivity index (χ2v) is 6.86. The van der Waals surface area contributed by atoms with E-state index in [-0.39, 0.29) is 4.21 Å². The first-order valence-corrected chi connectivity index (χ1v) is 7.49. The second kappa shape index (κ2) is 5.87. The summed E-state index contributed by atoms with van der Waals surface area (Å²) in [6.07, 6.45) is 2.81. The van der Waals surface area contributed by atoms with Gasteiger partial charge in [-0.1, -0.05) is 0 Å². The van der Waals surface area contributed by atoms with Crippen LogP contribution >= 0.6 is 11.3 Å². The SMILES string of the molecule is CN(C)C(O)CCCc1ncc(S(N)(=O)=O)s1. The molecule has 0 spiro atoms. The van der Waals surface area contributed by atoms with Crippen LogP contribution in [0.1, 0.15) is 17.8 Å². The van der Waals surface area contributed by atoms with Crippen molar-refractivity contribution in [2.45, 2.75) is 29.7 Å². The maximum atomic E-state index is 11.0. The molecule has 98 valence electrons. The lowest BCUT2D eigenvalue weighted by Crippen LogP contribution is -2.27. The third-order valence-corrected chi connectivity index (χ3v) is 4.73. The highest BCUT2D eigenvalue weighted by Gasteiger charge is 2.13. The highest BCUT2D eigenvalue weighted by molar-refractivity contribution is 7.91. The van der Waals surface area contributed by atoms with Crippen LogP contribution < -0.4 is 5.14 Å². The molecule has 8 heteroatoms. The lowest BCUT2D eigenvalue weighted by atomic mass is 10.2. The zero-order valence-electron chi connectivity index (χ0n) is 9.83. The zero-order valence-corrected chi connectivity index (χ0v) is 11.5. The van der Waals surface area contributed by atoms with Crippen LogP contribution in [0.15, 0.2) is 10.4 Å². The van der Waals surface area contributed by atoms with E-state index in [1.165, 1.54) is 6.20 Å². The minimum absolute atomic E-state index is 0.0839. The van der Waals surface area contributed by atoms with Crippen molar-refractivity contribution in [2.24, 2.45) is 5.14 Å². The molecule has 0 saturated heterocycles. The Kier molecular flexibility index (Phi) is 5.02. The molecular weight excluding hydrogens is 262 g/mol. The normalized spacial score (nSPS) is 14.2. The van der Waals surface area contributed by atoms with Crippen molar-refractivity contribution in [3.63, 3.8) is 0 Å². The molecule has 0 saturated carbocycles. The predicted octanol–water partition coefficient (Wildman–Crippen LogP) is -0.00680. The number of nitrogens with two attached hydrogens (primary N) is 1. The Morgan fingerprint density at radius 2 is 2.24 bits per heavy atom. The van der Waals surface area contributed by atoms with E-state index in [9.17, 15) is 13.5 Å². The molecule has 0 aromatic carbocycles. The fraction of sp³-hybridized carbons (Fsp3) is 0.667. The molecule has 6 nitrogen and oxygen atoms in total. The van der Waals surface area contributed by atoms with Crippen molar-refractivity contribution in [3.05, 3.63) is 11.2 Å². The average molecular weight is 279 g/mol. The summed E-state index contributed by atoms with van der Waals surface area (Å²) in [4.78, 5) is 5.71. The van der Waals surface area contributed by atoms with Crippen molar-refractivity contribution in [1.82, 2.24) is 9.88 Å². The number of primary sulfonamides is 1. The quantitative estimate of drug-likeness (QED) is 0.714. The van der Waals surface area contributed by atoms with E-state index >= 15 is 0 Å². The number of sulfonamides is 1. The van der Waals surface area contributed by atoms with Crippen molar-refractivity contribution in [3.8, 4) is 0 Å². The van der Waals surface area contributed by atoms with E-state index in [0.717, 1.165) is 22.8 Å². The molecule has 0 amide bonds. The maximum absolute atomic E-state index is 11.0. The number of thiazole rings is 1. The summed E-state index contributed by atoms with van der Waals surface area (Å²) in [5.74, 6) is 0. The van der Waals surface area contributed by atoms with Gasteiger partial charge in [0.05, 0.1) is 11.2 Å². The molecular formula is C9H17N3O3S2. The van der Waals surface area contributed by atoms with Crippen LogP contribution in [0.4, 0.5) is 0 Å². The standard InChI is InChI=1S/C9H17N3O3S2/c1-12(2)8(13)5-3-4-7-11-6-9(16-7)17(10,14)15/h6,8,13H,3-5H2,1-2H3,(H2,10,14,15). The van der Waals surface area contributed by atoms with E-state index in [4.69, 9.17) is 5.14 Å². The van der Waals surface area contributed by atoms with Crippen LogP contribution in [0.2, 0.25) is 0 Å². The molecule has 0 bridgehead atoms. The number of aryl methyl sites for hydroxylation is 1. The topological polar surface area (TPSA) is 96.5 Å². The van der Waals surface area contributed by atoms with Crippen molar-refractivity contribution in [2.75, 3.05) is 14.1 Å².